The van der Waals surface area contributed by atoms with Gasteiger partial charge >= 0.3 is 0 Å². The van der Waals surface area contributed by atoms with Crippen LogP contribution in [-0.4, -0.2) is 22.3 Å². The molecule has 1 aliphatic rings. The van der Waals surface area contributed by atoms with E-state index in [0.29, 0.717) is 5.56 Å². The maximum atomic E-state index is 14.4. The average Bonchev–Trinajstić information content (AvgIpc) is 2.54. The van der Waals surface area contributed by atoms with Gasteiger partial charge in [-0.3, -0.25) is 4.79 Å². The van der Waals surface area contributed by atoms with Crippen LogP contribution in [0.1, 0.15) is 34.5 Å². The van der Waals surface area contributed by atoms with Crippen LogP contribution >= 0.6 is 22.6 Å². The molecule has 0 saturated heterocycles. The number of rotatable bonds is 2. The van der Waals surface area contributed by atoms with Gasteiger partial charge in [0.2, 0.25) is 0 Å². The second-order valence-electron chi connectivity index (χ2n) is 5.94. The Morgan fingerprint density at radius 2 is 1.82 bits per heavy atom. The third kappa shape index (κ3) is 2.16. The van der Waals surface area contributed by atoms with Gasteiger partial charge in [-0.1, -0.05) is 65.9 Å². The zero-order valence-corrected chi connectivity index (χ0v) is 14.7. The molecule has 0 unspecified atom stereocenters. The molecule has 0 aromatic heterocycles. The number of halogens is 2. The zero-order valence-electron chi connectivity index (χ0n) is 12.5. The first kappa shape index (κ1) is 15.5. The van der Waals surface area contributed by atoms with Crippen LogP contribution in [0.3, 0.4) is 0 Å². The lowest BCUT2D eigenvalue weighted by Gasteiger charge is -2.47. The maximum absolute atomic E-state index is 14.4. The van der Waals surface area contributed by atoms with E-state index in [9.17, 15) is 9.18 Å². The Kier molecular flexibility index (Phi) is 3.97. The summed E-state index contributed by atoms with van der Waals surface area (Å²) in [6.07, 6.45) is 0. The molecule has 114 valence electrons. The Morgan fingerprint density at radius 1 is 1.18 bits per heavy atom. The molecule has 2 aromatic rings. The summed E-state index contributed by atoms with van der Waals surface area (Å²) in [5.41, 5.74) is 1.96. The first-order valence-corrected chi connectivity index (χ1v) is 8.70. The first-order chi connectivity index (χ1) is 10.5. The molecular weight excluding hydrogens is 392 g/mol. The minimum Gasteiger partial charge on any atom is -0.334 e. The zero-order chi connectivity index (χ0) is 15.9. The number of nitrogens with zero attached hydrogens (tertiary/aromatic N) is 1. The minimum absolute atomic E-state index is 0.0498. The molecule has 0 bridgehead atoms. The van der Waals surface area contributed by atoms with E-state index in [1.165, 1.54) is 6.07 Å². The molecular formula is C18H17FINO. The van der Waals surface area contributed by atoms with Crippen molar-refractivity contribution in [3.05, 3.63) is 71.0 Å². The van der Waals surface area contributed by atoms with Crippen molar-refractivity contribution in [2.75, 3.05) is 11.5 Å². The number of carbonyl (C=O) groups excluding carboxylic acids is 1. The van der Waals surface area contributed by atoms with Gasteiger partial charge in [-0.15, -0.1) is 0 Å². The van der Waals surface area contributed by atoms with E-state index in [0.717, 1.165) is 15.6 Å². The fourth-order valence-corrected chi connectivity index (χ4v) is 4.27. The highest BCUT2D eigenvalue weighted by Gasteiger charge is 2.47. The Hall–Kier alpha value is -1.43. The normalized spacial score (nSPS) is 24.3. The first-order valence-electron chi connectivity index (χ1n) is 7.17. The molecule has 2 aromatic carbocycles. The fourth-order valence-electron chi connectivity index (χ4n) is 3.44. The SMILES string of the molecule is CN1C(=O)c2ccccc2[C@](C)(CI)[C@H]1c1ccccc1F. The number of carbonyl (C=O) groups is 1. The van der Waals surface area contributed by atoms with E-state index < -0.39 is 0 Å². The van der Waals surface area contributed by atoms with Crippen molar-refractivity contribution in [1.82, 2.24) is 4.90 Å². The van der Waals surface area contributed by atoms with Gasteiger partial charge < -0.3 is 4.90 Å². The van der Waals surface area contributed by atoms with Crippen LogP contribution in [0, 0.1) is 5.82 Å². The van der Waals surface area contributed by atoms with Crippen molar-refractivity contribution < 1.29 is 9.18 Å². The van der Waals surface area contributed by atoms with Gasteiger partial charge in [-0.25, -0.2) is 4.39 Å². The molecule has 0 spiro atoms. The lowest BCUT2D eigenvalue weighted by atomic mass is 9.69. The summed E-state index contributed by atoms with van der Waals surface area (Å²) in [4.78, 5) is 14.4. The molecule has 4 heteroatoms. The molecule has 0 aliphatic carbocycles. The predicted octanol–water partition coefficient (Wildman–Crippen LogP) is 4.35. The van der Waals surface area contributed by atoms with E-state index >= 15 is 0 Å². The van der Waals surface area contributed by atoms with E-state index in [1.54, 1.807) is 24.1 Å². The van der Waals surface area contributed by atoms with Gasteiger partial charge in [-0.2, -0.15) is 0 Å². The van der Waals surface area contributed by atoms with Crippen molar-refractivity contribution >= 4 is 28.5 Å². The van der Waals surface area contributed by atoms with Gasteiger partial charge in [0, 0.05) is 28.0 Å². The number of likely N-dealkylation sites (N-methyl/N-ethyl adjacent to an activating group) is 1. The molecule has 1 heterocycles. The van der Waals surface area contributed by atoms with Crippen molar-refractivity contribution in [2.45, 2.75) is 18.4 Å². The Morgan fingerprint density at radius 3 is 2.50 bits per heavy atom. The fraction of sp³-hybridized carbons (Fsp3) is 0.278. The number of hydrogen-bond acceptors (Lipinski definition) is 1. The van der Waals surface area contributed by atoms with Crippen molar-refractivity contribution in [2.24, 2.45) is 0 Å². The van der Waals surface area contributed by atoms with Crippen LogP contribution in [0.2, 0.25) is 0 Å². The lowest BCUT2D eigenvalue weighted by Crippen LogP contribution is -2.50. The second-order valence-corrected chi connectivity index (χ2v) is 6.70. The van der Waals surface area contributed by atoms with Gasteiger partial charge in [0.05, 0.1) is 6.04 Å². The van der Waals surface area contributed by atoms with Crippen molar-refractivity contribution in [1.29, 1.82) is 0 Å². The standard InChI is InChI=1S/C18H17FINO/c1-18(11-20)14-9-5-3-7-12(14)17(22)21(2)16(18)13-8-4-6-10-15(13)19/h3-10,16H,11H2,1-2H3/t16-,18+/m1/s1. The monoisotopic (exact) mass is 409 g/mol. The van der Waals surface area contributed by atoms with Gasteiger partial charge in [0.15, 0.2) is 0 Å². The molecule has 0 fully saturated rings. The lowest BCUT2D eigenvalue weighted by molar-refractivity contribution is 0.0609. The summed E-state index contributed by atoms with van der Waals surface area (Å²) in [6, 6.07) is 14.1. The Labute approximate surface area is 143 Å². The highest BCUT2D eigenvalue weighted by molar-refractivity contribution is 14.1. The summed E-state index contributed by atoms with van der Waals surface area (Å²) in [7, 11) is 1.76. The molecule has 0 N–H and O–H groups in total. The number of amides is 1. The quantitative estimate of drug-likeness (QED) is 0.534. The number of benzene rings is 2. The molecule has 0 saturated carbocycles. The molecule has 2 nitrogen and oxygen atoms in total. The smallest absolute Gasteiger partial charge is 0.254 e. The number of hydrogen-bond donors (Lipinski definition) is 0. The summed E-state index contributed by atoms with van der Waals surface area (Å²) in [6.45, 7) is 2.11. The molecule has 22 heavy (non-hydrogen) atoms. The van der Waals surface area contributed by atoms with Gasteiger partial charge in [-0.05, 0) is 17.7 Å². The number of alkyl halides is 1. The van der Waals surface area contributed by atoms with Crippen LogP contribution < -0.4 is 0 Å². The molecule has 1 aliphatic heterocycles. The predicted molar refractivity (Wildman–Crippen MR) is 93.9 cm³/mol. The Bertz CT molecular complexity index is 733. The Balaban J connectivity index is 2.27. The summed E-state index contributed by atoms with van der Waals surface area (Å²) >= 11 is 2.33. The van der Waals surface area contributed by atoms with Crippen LogP contribution in [0.25, 0.3) is 0 Å². The van der Waals surface area contributed by atoms with Crippen LogP contribution in [-0.2, 0) is 5.41 Å². The molecule has 3 rings (SSSR count). The molecule has 2 atom stereocenters. The van der Waals surface area contributed by atoms with E-state index in [1.807, 2.05) is 30.3 Å². The minimum atomic E-state index is -0.331. The second kappa shape index (κ2) is 5.65. The maximum Gasteiger partial charge on any atom is 0.254 e. The molecule has 0 radical (unpaired) electrons. The van der Waals surface area contributed by atoms with E-state index in [-0.39, 0.29) is 23.2 Å². The van der Waals surface area contributed by atoms with Gasteiger partial charge in [0.25, 0.3) is 5.91 Å². The van der Waals surface area contributed by atoms with Crippen molar-refractivity contribution in [3.8, 4) is 0 Å². The van der Waals surface area contributed by atoms with Crippen LogP contribution in [0.15, 0.2) is 48.5 Å². The average molecular weight is 409 g/mol. The highest BCUT2D eigenvalue weighted by Crippen LogP contribution is 2.47. The topological polar surface area (TPSA) is 20.3 Å². The third-order valence-electron chi connectivity index (χ3n) is 4.56. The highest BCUT2D eigenvalue weighted by atomic mass is 127. The van der Waals surface area contributed by atoms with Crippen molar-refractivity contribution in [3.63, 3.8) is 0 Å². The largest absolute Gasteiger partial charge is 0.334 e. The summed E-state index contributed by atoms with van der Waals surface area (Å²) < 4.78 is 15.2. The van der Waals surface area contributed by atoms with Crippen LogP contribution in [0.5, 0.6) is 0 Å². The summed E-state index contributed by atoms with van der Waals surface area (Å²) in [5.74, 6) is -0.311. The third-order valence-corrected chi connectivity index (χ3v) is 6.15. The van der Waals surface area contributed by atoms with Crippen LogP contribution in [0.4, 0.5) is 4.39 Å². The van der Waals surface area contributed by atoms with E-state index in [2.05, 4.69) is 29.5 Å². The van der Waals surface area contributed by atoms with Gasteiger partial charge in [0.1, 0.15) is 5.82 Å². The number of fused-ring (bicyclic) bond motifs is 1. The summed E-state index contributed by atoms with van der Waals surface area (Å²) in [5, 5.41) is 0. The molecule has 1 amide bonds. The van der Waals surface area contributed by atoms with E-state index in [4.69, 9.17) is 0 Å².